The van der Waals surface area contributed by atoms with Crippen LogP contribution >= 0.6 is 11.3 Å². The van der Waals surface area contributed by atoms with Crippen LogP contribution in [0.5, 0.6) is 0 Å². The van der Waals surface area contributed by atoms with Crippen molar-refractivity contribution in [3.63, 3.8) is 0 Å². The Morgan fingerprint density at radius 1 is 1.41 bits per heavy atom. The Bertz CT molecular complexity index is 662. The SMILES string of the molecule is CCN(CCC(=O)O)C(=O)Cc1csc(-c2ccc(C)o2)n1. The average Bonchev–Trinajstić information content (AvgIpc) is 3.08. The number of amides is 1. The summed E-state index contributed by atoms with van der Waals surface area (Å²) in [5, 5.41) is 11.3. The van der Waals surface area contributed by atoms with E-state index in [1.165, 1.54) is 16.2 Å². The smallest absolute Gasteiger partial charge is 0.305 e. The van der Waals surface area contributed by atoms with Crippen LogP contribution in [0.15, 0.2) is 21.9 Å². The van der Waals surface area contributed by atoms with Crippen molar-refractivity contribution in [1.29, 1.82) is 0 Å². The molecule has 0 aliphatic carbocycles. The van der Waals surface area contributed by atoms with Crippen molar-refractivity contribution in [2.45, 2.75) is 26.7 Å². The molecule has 0 unspecified atom stereocenters. The predicted molar refractivity (Wildman–Crippen MR) is 82.8 cm³/mol. The molecule has 2 rings (SSSR count). The van der Waals surface area contributed by atoms with Gasteiger partial charge in [0.25, 0.3) is 0 Å². The maximum absolute atomic E-state index is 12.2. The van der Waals surface area contributed by atoms with E-state index in [1.807, 2.05) is 31.4 Å². The molecule has 0 fully saturated rings. The molecule has 0 saturated heterocycles. The minimum atomic E-state index is -0.907. The molecule has 0 bridgehead atoms. The Kier molecular flexibility index (Phi) is 5.32. The molecule has 0 aliphatic rings. The second-order valence-corrected chi connectivity index (χ2v) is 5.71. The lowest BCUT2D eigenvalue weighted by Crippen LogP contribution is -2.34. The van der Waals surface area contributed by atoms with Crippen molar-refractivity contribution in [2.75, 3.05) is 13.1 Å². The van der Waals surface area contributed by atoms with E-state index in [9.17, 15) is 9.59 Å². The fourth-order valence-electron chi connectivity index (χ4n) is 2.01. The van der Waals surface area contributed by atoms with E-state index >= 15 is 0 Å². The normalized spacial score (nSPS) is 10.6. The van der Waals surface area contributed by atoms with Crippen molar-refractivity contribution >= 4 is 23.2 Å². The van der Waals surface area contributed by atoms with Crippen LogP contribution in [0.2, 0.25) is 0 Å². The van der Waals surface area contributed by atoms with Crippen molar-refractivity contribution in [2.24, 2.45) is 0 Å². The molecular formula is C15H18N2O4S. The van der Waals surface area contributed by atoms with Crippen molar-refractivity contribution < 1.29 is 19.1 Å². The maximum Gasteiger partial charge on any atom is 0.305 e. The fraction of sp³-hybridized carbons (Fsp3) is 0.400. The zero-order chi connectivity index (χ0) is 16.1. The quantitative estimate of drug-likeness (QED) is 0.847. The molecule has 2 heterocycles. The van der Waals surface area contributed by atoms with E-state index in [0.717, 1.165) is 10.8 Å². The topological polar surface area (TPSA) is 83.6 Å². The third kappa shape index (κ3) is 4.17. The number of aliphatic carboxylic acids is 1. The lowest BCUT2D eigenvalue weighted by molar-refractivity contribution is -0.138. The van der Waals surface area contributed by atoms with Gasteiger partial charge in [-0.05, 0) is 26.0 Å². The van der Waals surface area contributed by atoms with E-state index in [-0.39, 0.29) is 25.3 Å². The molecule has 6 nitrogen and oxygen atoms in total. The second kappa shape index (κ2) is 7.22. The van der Waals surface area contributed by atoms with Crippen LogP contribution < -0.4 is 0 Å². The molecule has 7 heteroatoms. The third-order valence-electron chi connectivity index (χ3n) is 3.17. The third-order valence-corrected chi connectivity index (χ3v) is 4.07. The van der Waals surface area contributed by atoms with E-state index < -0.39 is 5.97 Å². The van der Waals surface area contributed by atoms with Crippen molar-refractivity contribution in [1.82, 2.24) is 9.88 Å². The summed E-state index contributed by atoms with van der Waals surface area (Å²) in [7, 11) is 0. The van der Waals surface area contributed by atoms with E-state index in [2.05, 4.69) is 4.98 Å². The Morgan fingerprint density at radius 3 is 2.77 bits per heavy atom. The standard InChI is InChI=1S/C15H18N2O4S/c1-3-17(7-6-14(19)20)13(18)8-11-9-22-15(16-11)12-5-4-10(2)21-12/h4-5,9H,3,6-8H2,1-2H3,(H,19,20). The van der Waals surface area contributed by atoms with Gasteiger partial charge in [0.2, 0.25) is 5.91 Å². The first-order chi connectivity index (χ1) is 10.5. The van der Waals surface area contributed by atoms with Crippen LogP contribution in [0.4, 0.5) is 0 Å². The largest absolute Gasteiger partial charge is 0.481 e. The number of hydrogen-bond acceptors (Lipinski definition) is 5. The highest BCUT2D eigenvalue weighted by molar-refractivity contribution is 7.13. The van der Waals surface area contributed by atoms with E-state index in [4.69, 9.17) is 9.52 Å². The van der Waals surface area contributed by atoms with Crippen LogP contribution in [0.3, 0.4) is 0 Å². The number of carboxylic acids is 1. The average molecular weight is 322 g/mol. The molecule has 0 saturated carbocycles. The molecule has 2 aromatic heterocycles. The Labute approximate surface area is 132 Å². The van der Waals surface area contributed by atoms with Gasteiger partial charge in [-0.1, -0.05) is 0 Å². The minimum absolute atomic E-state index is 0.0480. The van der Waals surface area contributed by atoms with Crippen molar-refractivity contribution in [3.05, 3.63) is 29.0 Å². The summed E-state index contributed by atoms with van der Waals surface area (Å²) < 4.78 is 5.51. The van der Waals surface area contributed by atoms with Gasteiger partial charge < -0.3 is 14.4 Å². The zero-order valence-corrected chi connectivity index (χ0v) is 13.4. The Hall–Kier alpha value is -2.15. The van der Waals surface area contributed by atoms with Crippen molar-refractivity contribution in [3.8, 4) is 10.8 Å². The number of carbonyl (C=O) groups excluding carboxylic acids is 1. The highest BCUT2D eigenvalue weighted by atomic mass is 32.1. The number of likely N-dealkylation sites (N-methyl/N-ethyl adjacent to an activating group) is 1. The highest BCUT2D eigenvalue weighted by Gasteiger charge is 2.16. The summed E-state index contributed by atoms with van der Waals surface area (Å²) in [5.41, 5.74) is 0.674. The summed E-state index contributed by atoms with van der Waals surface area (Å²) in [6.45, 7) is 4.40. The number of carbonyl (C=O) groups is 2. The number of aromatic nitrogens is 1. The number of furan rings is 1. The monoisotopic (exact) mass is 322 g/mol. The summed E-state index contributed by atoms with van der Waals surface area (Å²) in [6.07, 6.45) is 0.122. The number of thiazole rings is 1. The summed E-state index contributed by atoms with van der Waals surface area (Å²) in [6, 6.07) is 3.72. The molecule has 118 valence electrons. The Morgan fingerprint density at radius 2 is 2.18 bits per heavy atom. The van der Waals surface area contributed by atoms with Gasteiger partial charge >= 0.3 is 5.97 Å². The second-order valence-electron chi connectivity index (χ2n) is 4.85. The predicted octanol–water partition coefficient (Wildman–Crippen LogP) is 2.58. The molecule has 1 N–H and O–H groups in total. The minimum Gasteiger partial charge on any atom is -0.481 e. The first-order valence-electron chi connectivity index (χ1n) is 7.00. The molecule has 1 amide bonds. The van der Waals surface area contributed by atoms with Crippen LogP contribution in [0, 0.1) is 6.92 Å². The summed E-state index contributed by atoms with van der Waals surface area (Å²) in [4.78, 5) is 28.7. The maximum atomic E-state index is 12.2. The van der Waals surface area contributed by atoms with Crippen LogP contribution in [-0.4, -0.2) is 40.0 Å². The number of hydrogen-bond donors (Lipinski definition) is 1. The summed E-state index contributed by atoms with van der Waals surface area (Å²) in [5.74, 6) is 0.486. The summed E-state index contributed by atoms with van der Waals surface area (Å²) >= 11 is 1.43. The first-order valence-corrected chi connectivity index (χ1v) is 7.88. The molecule has 0 spiro atoms. The fourth-order valence-corrected chi connectivity index (χ4v) is 2.79. The van der Waals surface area contributed by atoms with Crippen LogP contribution in [0.1, 0.15) is 24.8 Å². The lowest BCUT2D eigenvalue weighted by atomic mass is 10.2. The molecule has 0 radical (unpaired) electrons. The van der Waals surface area contributed by atoms with E-state index in [0.29, 0.717) is 18.0 Å². The van der Waals surface area contributed by atoms with Gasteiger partial charge in [-0.2, -0.15) is 0 Å². The van der Waals surface area contributed by atoms with Gasteiger partial charge in [0.15, 0.2) is 10.8 Å². The molecule has 2 aromatic rings. The van der Waals surface area contributed by atoms with Crippen LogP contribution in [-0.2, 0) is 16.0 Å². The lowest BCUT2D eigenvalue weighted by Gasteiger charge is -2.19. The molecule has 0 aromatic carbocycles. The van der Waals surface area contributed by atoms with Gasteiger partial charge in [-0.3, -0.25) is 9.59 Å². The number of carboxylic acid groups (broad SMARTS) is 1. The van der Waals surface area contributed by atoms with Gasteiger partial charge in [-0.25, -0.2) is 4.98 Å². The Balaban J connectivity index is 1.99. The molecule has 0 atom stereocenters. The van der Waals surface area contributed by atoms with Gasteiger partial charge in [0.1, 0.15) is 5.76 Å². The van der Waals surface area contributed by atoms with Crippen LogP contribution in [0.25, 0.3) is 10.8 Å². The van der Waals surface area contributed by atoms with Gasteiger partial charge in [0.05, 0.1) is 18.5 Å². The van der Waals surface area contributed by atoms with Gasteiger partial charge in [0, 0.05) is 18.5 Å². The van der Waals surface area contributed by atoms with E-state index in [1.54, 1.807) is 0 Å². The number of rotatable bonds is 7. The first kappa shape index (κ1) is 16.2. The van der Waals surface area contributed by atoms with Gasteiger partial charge in [-0.15, -0.1) is 11.3 Å². The molecule has 0 aliphatic heterocycles. The number of nitrogens with zero attached hydrogens (tertiary/aromatic N) is 2. The molecule has 22 heavy (non-hydrogen) atoms. The zero-order valence-electron chi connectivity index (χ0n) is 12.5. The number of aryl methyl sites for hydroxylation is 1. The molecular weight excluding hydrogens is 304 g/mol. The highest BCUT2D eigenvalue weighted by Crippen LogP contribution is 2.25.